The van der Waals surface area contributed by atoms with Gasteiger partial charge in [0.05, 0.1) is 23.3 Å². The summed E-state index contributed by atoms with van der Waals surface area (Å²) >= 11 is 1.48. The van der Waals surface area contributed by atoms with Gasteiger partial charge in [-0.2, -0.15) is 13.2 Å². The molecule has 6 rings (SSSR count). The Balaban J connectivity index is 1.04. The molecule has 1 aliphatic rings. The molecule has 0 radical (unpaired) electrons. The third-order valence-corrected chi connectivity index (χ3v) is 11.2. The van der Waals surface area contributed by atoms with E-state index in [2.05, 4.69) is 32.2 Å². The number of piperazine rings is 1. The fraction of sp³-hybridized carbons (Fsp3) is 0.250. The highest BCUT2D eigenvalue weighted by atomic mass is 32.2. The van der Waals surface area contributed by atoms with Crippen molar-refractivity contribution in [1.29, 1.82) is 0 Å². The van der Waals surface area contributed by atoms with Crippen molar-refractivity contribution in [3.8, 4) is 16.9 Å². The number of sulfonamides is 1. The van der Waals surface area contributed by atoms with Gasteiger partial charge in [0.2, 0.25) is 0 Å². The Bertz CT molecular complexity index is 2150. The molecule has 0 saturated carbocycles. The number of thioether (sulfide) groups is 1. The van der Waals surface area contributed by atoms with Crippen molar-refractivity contribution in [3.05, 3.63) is 132 Å². The standard InChI is InChI=1S/C40H40F3N5O4S2/c1-2-52-33-24-31(26-44-27-33)36-11-7-6-8-30(36)28-47-19-21-48(22-20-47)32-14-12-29(13-15-32)39(49)46-54(50,51)35-16-17-38(37(25-35)40(41,42)43)45-18-23-53-34-9-4-3-5-10-34/h3-17,24-27,45H,2,18-23,28H2,1H3,(H,46,49). The molecule has 0 aliphatic carbocycles. The van der Waals surface area contributed by atoms with Crippen LogP contribution in [0.3, 0.4) is 0 Å². The number of carbonyl (C=O) groups is 1. The summed E-state index contributed by atoms with van der Waals surface area (Å²) in [6, 6.07) is 28.8. The lowest BCUT2D eigenvalue weighted by Crippen LogP contribution is -2.46. The van der Waals surface area contributed by atoms with Gasteiger partial charge in [0, 0.05) is 78.6 Å². The number of halogens is 3. The number of aromatic nitrogens is 1. The first-order valence-electron chi connectivity index (χ1n) is 17.4. The van der Waals surface area contributed by atoms with Crippen molar-refractivity contribution in [2.45, 2.75) is 29.4 Å². The summed E-state index contributed by atoms with van der Waals surface area (Å²) in [5.41, 5.74) is 2.82. The van der Waals surface area contributed by atoms with Crippen LogP contribution in [0, 0.1) is 0 Å². The van der Waals surface area contributed by atoms with Crippen molar-refractivity contribution in [2.75, 3.05) is 55.3 Å². The molecular weight excluding hydrogens is 736 g/mol. The number of carbonyl (C=O) groups excluding carboxylic acids is 1. The number of amides is 1. The predicted molar refractivity (Wildman–Crippen MR) is 207 cm³/mol. The third-order valence-electron chi connectivity index (χ3n) is 8.88. The molecule has 14 heteroatoms. The lowest BCUT2D eigenvalue weighted by Gasteiger charge is -2.36. The number of pyridine rings is 1. The van der Waals surface area contributed by atoms with Gasteiger partial charge in [-0.15, -0.1) is 11.8 Å². The zero-order valence-electron chi connectivity index (χ0n) is 29.6. The lowest BCUT2D eigenvalue weighted by molar-refractivity contribution is -0.137. The van der Waals surface area contributed by atoms with E-state index in [1.807, 2.05) is 66.4 Å². The van der Waals surface area contributed by atoms with E-state index in [-0.39, 0.29) is 17.8 Å². The number of anilines is 2. The fourth-order valence-corrected chi connectivity index (χ4v) is 7.96. The summed E-state index contributed by atoms with van der Waals surface area (Å²) in [4.78, 5) is 22.2. The Morgan fingerprint density at radius 3 is 2.33 bits per heavy atom. The van der Waals surface area contributed by atoms with Gasteiger partial charge in [0.1, 0.15) is 5.75 Å². The first-order valence-corrected chi connectivity index (χ1v) is 19.9. The molecule has 54 heavy (non-hydrogen) atoms. The first kappa shape index (κ1) is 38.7. The zero-order chi connectivity index (χ0) is 38.1. The molecule has 1 fully saturated rings. The smallest absolute Gasteiger partial charge is 0.418 e. The van der Waals surface area contributed by atoms with E-state index in [0.717, 1.165) is 72.3 Å². The van der Waals surface area contributed by atoms with Crippen LogP contribution in [0.4, 0.5) is 24.5 Å². The van der Waals surface area contributed by atoms with E-state index in [0.29, 0.717) is 18.4 Å². The summed E-state index contributed by atoms with van der Waals surface area (Å²) in [7, 11) is -4.61. The molecule has 5 aromatic rings. The zero-order valence-corrected chi connectivity index (χ0v) is 31.2. The van der Waals surface area contributed by atoms with Gasteiger partial charge in [0.15, 0.2) is 0 Å². The Hall–Kier alpha value is -5.05. The fourth-order valence-electron chi connectivity index (χ4n) is 6.17. The number of nitrogens with zero attached hydrogens (tertiary/aromatic N) is 3. The molecule has 2 heterocycles. The number of benzene rings is 4. The molecule has 1 aromatic heterocycles. The second-order valence-corrected chi connectivity index (χ2v) is 15.4. The normalized spacial score (nSPS) is 13.7. The summed E-state index contributed by atoms with van der Waals surface area (Å²) < 4.78 is 75.8. The second-order valence-electron chi connectivity index (χ2n) is 12.5. The Morgan fingerprint density at radius 1 is 0.889 bits per heavy atom. The summed E-state index contributed by atoms with van der Waals surface area (Å²) in [6.45, 7) is 6.55. The molecule has 0 bridgehead atoms. The summed E-state index contributed by atoms with van der Waals surface area (Å²) in [5.74, 6) is 0.276. The topological polar surface area (TPSA) is 104 Å². The first-order chi connectivity index (χ1) is 26.0. The summed E-state index contributed by atoms with van der Waals surface area (Å²) in [5, 5.41) is 2.76. The van der Waals surface area contributed by atoms with Gasteiger partial charge in [-0.25, -0.2) is 13.1 Å². The molecule has 2 N–H and O–H groups in total. The Labute approximate surface area is 317 Å². The average Bonchev–Trinajstić information content (AvgIpc) is 3.17. The molecule has 1 amide bonds. The maximum absolute atomic E-state index is 14.0. The minimum absolute atomic E-state index is 0.0608. The monoisotopic (exact) mass is 775 g/mol. The van der Waals surface area contributed by atoms with Crippen LogP contribution < -0.4 is 19.7 Å². The molecule has 282 valence electrons. The van der Waals surface area contributed by atoms with Crippen molar-refractivity contribution in [1.82, 2.24) is 14.6 Å². The second kappa shape index (κ2) is 17.4. The quantitative estimate of drug-likeness (QED) is 0.0864. The van der Waals surface area contributed by atoms with Crippen molar-refractivity contribution < 1.29 is 31.1 Å². The van der Waals surface area contributed by atoms with Crippen LogP contribution in [0.1, 0.15) is 28.4 Å². The van der Waals surface area contributed by atoms with Crippen LogP contribution in [0.2, 0.25) is 0 Å². The van der Waals surface area contributed by atoms with Crippen molar-refractivity contribution in [2.24, 2.45) is 0 Å². The van der Waals surface area contributed by atoms with Gasteiger partial charge in [0.25, 0.3) is 15.9 Å². The van der Waals surface area contributed by atoms with Crippen LogP contribution in [-0.2, 0) is 22.7 Å². The highest BCUT2D eigenvalue weighted by molar-refractivity contribution is 7.99. The third kappa shape index (κ3) is 9.92. The highest BCUT2D eigenvalue weighted by Crippen LogP contribution is 2.36. The molecular formula is C40H40F3N5O4S2. The van der Waals surface area contributed by atoms with Gasteiger partial charge >= 0.3 is 6.18 Å². The molecule has 0 atom stereocenters. The largest absolute Gasteiger partial charge is 0.492 e. The predicted octanol–water partition coefficient (Wildman–Crippen LogP) is 7.81. The van der Waals surface area contributed by atoms with Crippen LogP contribution in [0.25, 0.3) is 11.1 Å². The van der Waals surface area contributed by atoms with Crippen LogP contribution in [-0.4, -0.2) is 69.3 Å². The molecule has 1 saturated heterocycles. The van der Waals surface area contributed by atoms with E-state index in [1.165, 1.54) is 29.5 Å². The maximum Gasteiger partial charge on any atom is 0.418 e. The average molecular weight is 776 g/mol. The lowest BCUT2D eigenvalue weighted by atomic mass is 10.0. The maximum atomic E-state index is 14.0. The minimum atomic E-state index is -4.83. The highest BCUT2D eigenvalue weighted by Gasteiger charge is 2.35. The molecule has 4 aromatic carbocycles. The van der Waals surface area contributed by atoms with Crippen molar-refractivity contribution >= 4 is 39.1 Å². The SMILES string of the molecule is CCOc1cncc(-c2ccccc2CN2CCN(c3ccc(C(=O)NS(=O)(=O)c4ccc(NCCSc5ccccc5)c(C(F)(F)F)c4)cc3)CC2)c1. The number of rotatable bonds is 14. The van der Waals surface area contributed by atoms with Gasteiger partial charge in [-0.1, -0.05) is 42.5 Å². The summed E-state index contributed by atoms with van der Waals surface area (Å²) in [6.07, 6.45) is -1.28. The van der Waals surface area contributed by atoms with E-state index < -0.39 is 32.6 Å². The Kier molecular flexibility index (Phi) is 12.5. The minimum Gasteiger partial charge on any atom is -0.492 e. The molecule has 0 spiro atoms. The van der Waals surface area contributed by atoms with E-state index >= 15 is 0 Å². The number of hydrogen-bond donors (Lipinski definition) is 2. The molecule has 9 nitrogen and oxygen atoms in total. The number of alkyl halides is 3. The molecule has 0 unspecified atom stereocenters. The van der Waals surface area contributed by atoms with Crippen LogP contribution >= 0.6 is 11.8 Å². The molecule has 1 aliphatic heterocycles. The Morgan fingerprint density at radius 2 is 1.61 bits per heavy atom. The van der Waals surface area contributed by atoms with E-state index in [9.17, 15) is 26.4 Å². The van der Waals surface area contributed by atoms with E-state index in [4.69, 9.17) is 4.74 Å². The van der Waals surface area contributed by atoms with Gasteiger partial charge in [-0.3, -0.25) is 14.7 Å². The van der Waals surface area contributed by atoms with Crippen LogP contribution in [0.15, 0.2) is 125 Å². The van der Waals surface area contributed by atoms with Gasteiger partial charge in [-0.05, 0) is 78.7 Å². The van der Waals surface area contributed by atoms with Crippen LogP contribution in [0.5, 0.6) is 5.75 Å². The van der Waals surface area contributed by atoms with E-state index in [1.54, 1.807) is 18.3 Å². The van der Waals surface area contributed by atoms with Gasteiger partial charge < -0.3 is 15.0 Å². The number of ether oxygens (including phenoxy) is 1. The number of nitrogens with one attached hydrogen (secondary N) is 2. The number of hydrogen-bond acceptors (Lipinski definition) is 9. The van der Waals surface area contributed by atoms with Crippen molar-refractivity contribution in [3.63, 3.8) is 0 Å².